The minimum Gasteiger partial charge on any atom is -0.376 e. The molecule has 0 bridgehead atoms. The number of aryl methyl sites for hydroxylation is 1. The van der Waals surface area contributed by atoms with Gasteiger partial charge >= 0.3 is 0 Å². The largest absolute Gasteiger partial charge is 0.376 e. The topological polar surface area (TPSA) is 32.3 Å². The van der Waals surface area contributed by atoms with Crippen LogP contribution in [0.25, 0.3) is 0 Å². The van der Waals surface area contributed by atoms with E-state index in [9.17, 15) is 4.79 Å². The maximum atomic E-state index is 11.9. The number of likely N-dealkylation sites (N-methyl/N-ethyl adjacent to an activating group) is 1. The number of nitrogens with one attached hydrogen (secondary N) is 1. The molecule has 0 aromatic heterocycles. The zero-order valence-corrected chi connectivity index (χ0v) is 12.9. The van der Waals surface area contributed by atoms with Gasteiger partial charge in [-0.25, -0.2) is 0 Å². The highest BCUT2D eigenvalue weighted by molar-refractivity contribution is 9.10. The van der Waals surface area contributed by atoms with Crippen LogP contribution in [0.15, 0.2) is 22.7 Å². The SMILES string of the molecule is CCCCN(C)C(=O)CNc1ccc(Br)cc1C. The predicted molar refractivity (Wildman–Crippen MR) is 79.9 cm³/mol. The fourth-order valence-corrected chi connectivity index (χ4v) is 2.13. The molecule has 100 valence electrons. The number of nitrogens with zero attached hydrogens (tertiary/aromatic N) is 1. The van der Waals surface area contributed by atoms with Crippen molar-refractivity contribution < 1.29 is 4.79 Å². The summed E-state index contributed by atoms with van der Waals surface area (Å²) in [6.07, 6.45) is 2.16. The molecule has 0 saturated carbocycles. The van der Waals surface area contributed by atoms with Gasteiger partial charge in [-0.15, -0.1) is 0 Å². The van der Waals surface area contributed by atoms with Gasteiger partial charge in [-0.1, -0.05) is 29.3 Å². The first-order valence-corrected chi connectivity index (χ1v) is 7.08. The highest BCUT2D eigenvalue weighted by Crippen LogP contribution is 2.19. The van der Waals surface area contributed by atoms with Crippen molar-refractivity contribution in [1.29, 1.82) is 0 Å². The van der Waals surface area contributed by atoms with Gasteiger partial charge in [-0.05, 0) is 37.1 Å². The molecule has 4 heteroatoms. The van der Waals surface area contributed by atoms with Crippen LogP contribution < -0.4 is 5.32 Å². The first-order valence-electron chi connectivity index (χ1n) is 6.28. The Morgan fingerprint density at radius 1 is 1.44 bits per heavy atom. The molecule has 0 saturated heterocycles. The molecule has 1 rings (SSSR count). The molecule has 18 heavy (non-hydrogen) atoms. The summed E-state index contributed by atoms with van der Waals surface area (Å²) in [6.45, 7) is 5.33. The molecule has 3 nitrogen and oxygen atoms in total. The average molecular weight is 313 g/mol. The van der Waals surface area contributed by atoms with Crippen LogP contribution in [-0.4, -0.2) is 30.9 Å². The Hall–Kier alpha value is -1.03. The van der Waals surface area contributed by atoms with Crippen LogP contribution in [0.1, 0.15) is 25.3 Å². The van der Waals surface area contributed by atoms with E-state index in [1.54, 1.807) is 4.90 Å². The molecule has 1 aromatic carbocycles. The number of carbonyl (C=O) groups excluding carboxylic acids is 1. The van der Waals surface area contributed by atoms with E-state index in [4.69, 9.17) is 0 Å². The molecular formula is C14H21BrN2O. The van der Waals surface area contributed by atoms with Crippen LogP contribution in [0.3, 0.4) is 0 Å². The van der Waals surface area contributed by atoms with Crippen molar-refractivity contribution in [2.24, 2.45) is 0 Å². The fraction of sp³-hybridized carbons (Fsp3) is 0.500. The van der Waals surface area contributed by atoms with Gasteiger partial charge in [0.2, 0.25) is 5.91 Å². The fourth-order valence-electron chi connectivity index (χ4n) is 1.65. The molecule has 0 aliphatic rings. The summed E-state index contributed by atoms with van der Waals surface area (Å²) in [4.78, 5) is 13.6. The Balaban J connectivity index is 2.47. The third kappa shape index (κ3) is 4.69. The lowest BCUT2D eigenvalue weighted by atomic mass is 10.2. The van der Waals surface area contributed by atoms with Crippen LogP contribution in [0.4, 0.5) is 5.69 Å². The van der Waals surface area contributed by atoms with Crippen LogP contribution in [0, 0.1) is 6.92 Å². The second-order valence-electron chi connectivity index (χ2n) is 4.48. The van der Waals surface area contributed by atoms with Gasteiger partial charge in [-0.2, -0.15) is 0 Å². The van der Waals surface area contributed by atoms with Crippen molar-refractivity contribution in [2.75, 3.05) is 25.5 Å². The Bertz CT molecular complexity index is 407. The Morgan fingerprint density at radius 2 is 2.17 bits per heavy atom. The lowest BCUT2D eigenvalue weighted by Gasteiger charge is -2.18. The predicted octanol–water partition coefficient (Wildman–Crippen LogP) is 3.43. The molecule has 0 unspecified atom stereocenters. The number of amides is 1. The van der Waals surface area contributed by atoms with Crippen molar-refractivity contribution >= 4 is 27.5 Å². The summed E-state index contributed by atoms with van der Waals surface area (Å²) in [5, 5.41) is 3.19. The third-order valence-corrected chi connectivity index (χ3v) is 3.38. The molecular weight excluding hydrogens is 292 g/mol. The summed E-state index contributed by atoms with van der Waals surface area (Å²) in [7, 11) is 1.86. The zero-order chi connectivity index (χ0) is 13.5. The monoisotopic (exact) mass is 312 g/mol. The summed E-state index contributed by atoms with van der Waals surface area (Å²) in [5.41, 5.74) is 2.14. The van der Waals surface area contributed by atoms with Crippen molar-refractivity contribution in [3.63, 3.8) is 0 Å². The Morgan fingerprint density at radius 3 is 2.78 bits per heavy atom. The van der Waals surface area contributed by atoms with Gasteiger partial charge in [0.15, 0.2) is 0 Å². The van der Waals surface area contributed by atoms with E-state index in [1.807, 2.05) is 32.2 Å². The van der Waals surface area contributed by atoms with E-state index in [0.717, 1.165) is 35.1 Å². The van der Waals surface area contributed by atoms with Gasteiger partial charge in [0.05, 0.1) is 6.54 Å². The molecule has 0 fully saturated rings. The number of unbranched alkanes of at least 4 members (excludes halogenated alkanes) is 1. The number of halogens is 1. The number of rotatable bonds is 6. The average Bonchev–Trinajstić information content (AvgIpc) is 2.34. The van der Waals surface area contributed by atoms with Crippen LogP contribution >= 0.6 is 15.9 Å². The molecule has 0 spiro atoms. The summed E-state index contributed by atoms with van der Waals surface area (Å²) in [6, 6.07) is 5.99. The standard InChI is InChI=1S/C14H21BrN2O/c1-4-5-8-17(3)14(18)10-16-13-7-6-12(15)9-11(13)2/h6-7,9,16H,4-5,8,10H2,1-3H3. The van der Waals surface area contributed by atoms with Gasteiger partial charge in [-0.3, -0.25) is 4.79 Å². The van der Waals surface area contributed by atoms with E-state index in [0.29, 0.717) is 6.54 Å². The number of benzene rings is 1. The van der Waals surface area contributed by atoms with E-state index in [1.165, 1.54) is 0 Å². The number of carbonyl (C=O) groups is 1. The number of anilines is 1. The van der Waals surface area contributed by atoms with Crippen LogP contribution in [0.2, 0.25) is 0 Å². The quantitative estimate of drug-likeness (QED) is 0.873. The van der Waals surface area contributed by atoms with Gasteiger partial charge < -0.3 is 10.2 Å². The number of hydrogen-bond donors (Lipinski definition) is 1. The van der Waals surface area contributed by atoms with Crippen LogP contribution in [0.5, 0.6) is 0 Å². The zero-order valence-electron chi connectivity index (χ0n) is 11.3. The molecule has 0 radical (unpaired) electrons. The van der Waals surface area contributed by atoms with E-state index in [-0.39, 0.29) is 5.91 Å². The van der Waals surface area contributed by atoms with Gasteiger partial charge in [0, 0.05) is 23.8 Å². The summed E-state index contributed by atoms with van der Waals surface area (Å²) >= 11 is 3.43. The van der Waals surface area contributed by atoms with E-state index in [2.05, 4.69) is 28.2 Å². The minimum absolute atomic E-state index is 0.130. The maximum Gasteiger partial charge on any atom is 0.241 e. The maximum absolute atomic E-state index is 11.9. The molecule has 1 amide bonds. The molecule has 0 atom stereocenters. The highest BCUT2D eigenvalue weighted by atomic mass is 79.9. The van der Waals surface area contributed by atoms with Crippen molar-refractivity contribution in [2.45, 2.75) is 26.7 Å². The summed E-state index contributed by atoms with van der Waals surface area (Å²) in [5.74, 6) is 0.130. The number of hydrogen-bond acceptors (Lipinski definition) is 2. The molecule has 1 N–H and O–H groups in total. The second kappa shape index (κ2) is 7.41. The molecule has 0 heterocycles. The van der Waals surface area contributed by atoms with E-state index < -0.39 is 0 Å². The van der Waals surface area contributed by atoms with Crippen molar-refractivity contribution in [3.05, 3.63) is 28.2 Å². The van der Waals surface area contributed by atoms with Gasteiger partial charge in [0.25, 0.3) is 0 Å². The van der Waals surface area contributed by atoms with Crippen molar-refractivity contribution in [3.8, 4) is 0 Å². The van der Waals surface area contributed by atoms with Crippen molar-refractivity contribution in [1.82, 2.24) is 4.90 Å². The van der Waals surface area contributed by atoms with E-state index >= 15 is 0 Å². The summed E-state index contributed by atoms with van der Waals surface area (Å²) < 4.78 is 1.05. The smallest absolute Gasteiger partial charge is 0.241 e. The lowest BCUT2D eigenvalue weighted by Crippen LogP contribution is -2.33. The molecule has 0 aliphatic heterocycles. The normalized spacial score (nSPS) is 10.2. The first kappa shape index (κ1) is 15.0. The molecule has 1 aromatic rings. The Labute approximate surface area is 118 Å². The third-order valence-electron chi connectivity index (χ3n) is 2.89. The lowest BCUT2D eigenvalue weighted by molar-refractivity contribution is -0.128. The van der Waals surface area contributed by atoms with Gasteiger partial charge in [0.1, 0.15) is 0 Å². The molecule has 0 aliphatic carbocycles. The highest BCUT2D eigenvalue weighted by Gasteiger charge is 2.08. The second-order valence-corrected chi connectivity index (χ2v) is 5.40. The van der Waals surface area contributed by atoms with Crippen LogP contribution in [-0.2, 0) is 4.79 Å². The minimum atomic E-state index is 0.130. The first-order chi connectivity index (χ1) is 8.54. The Kier molecular flexibility index (Phi) is 6.19.